The molecule has 1 heterocycles. The highest BCUT2D eigenvalue weighted by Crippen LogP contribution is 2.15. The Labute approximate surface area is 107 Å². The van der Waals surface area contributed by atoms with Gasteiger partial charge in [-0.1, -0.05) is 42.3 Å². The third-order valence-electron chi connectivity index (χ3n) is 2.90. The summed E-state index contributed by atoms with van der Waals surface area (Å²) in [5.41, 5.74) is 1.23. The Hall–Kier alpha value is -0.570. The third kappa shape index (κ3) is 3.78. The first-order valence-corrected chi connectivity index (χ1v) is 7.09. The van der Waals surface area contributed by atoms with Crippen molar-refractivity contribution in [2.75, 3.05) is 18.0 Å². The van der Waals surface area contributed by atoms with E-state index in [9.17, 15) is 0 Å². The molecule has 0 aromatic carbocycles. The Morgan fingerprint density at radius 1 is 1.38 bits per heavy atom. The van der Waals surface area contributed by atoms with E-state index >= 15 is 0 Å². The number of rotatable bonds is 6. The number of hydrogen-bond acceptors (Lipinski definition) is 2. The van der Waals surface area contributed by atoms with Crippen molar-refractivity contribution >= 4 is 21.7 Å². The molecule has 1 aromatic rings. The van der Waals surface area contributed by atoms with Gasteiger partial charge in [0.25, 0.3) is 0 Å². The number of alkyl halides is 1. The van der Waals surface area contributed by atoms with Crippen LogP contribution in [0.15, 0.2) is 18.3 Å². The summed E-state index contributed by atoms with van der Waals surface area (Å²) >= 11 is 3.43. The summed E-state index contributed by atoms with van der Waals surface area (Å²) in [6, 6.07) is 4.25. The summed E-state index contributed by atoms with van der Waals surface area (Å²) in [6.45, 7) is 8.82. The van der Waals surface area contributed by atoms with E-state index in [-0.39, 0.29) is 0 Å². The lowest BCUT2D eigenvalue weighted by Gasteiger charge is -2.25. The Bertz CT molecular complexity index is 297. The zero-order chi connectivity index (χ0) is 12.0. The average molecular weight is 285 g/mol. The van der Waals surface area contributed by atoms with Crippen LogP contribution in [0.2, 0.25) is 0 Å². The van der Waals surface area contributed by atoms with E-state index in [1.807, 2.05) is 6.20 Å². The summed E-state index contributed by atoms with van der Waals surface area (Å²) in [5.74, 6) is 1.81. The Balaban J connectivity index is 2.70. The first-order chi connectivity index (χ1) is 7.71. The largest absolute Gasteiger partial charge is 0.357 e. The van der Waals surface area contributed by atoms with E-state index in [0.29, 0.717) is 0 Å². The molecule has 0 aliphatic rings. The van der Waals surface area contributed by atoms with Gasteiger partial charge >= 0.3 is 0 Å². The summed E-state index contributed by atoms with van der Waals surface area (Å²) < 4.78 is 0. The van der Waals surface area contributed by atoms with E-state index in [1.165, 1.54) is 12.0 Å². The number of nitrogens with zero attached hydrogens (tertiary/aromatic N) is 2. The van der Waals surface area contributed by atoms with Crippen molar-refractivity contribution in [3.63, 3.8) is 0 Å². The van der Waals surface area contributed by atoms with Crippen LogP contribution in [0.4, 0.5) is 5.82 Å². The van der Waals surface area contributed by atoms with Crippen LogP contribution in [0, 0.1) is 5.92 Å². The lowest BCUT2D eigenvalue weighted by Crippen LogP contribution is -2.28. The molecule has 0 saturated carbocycles. The van der Waals surface area contributed by atoms with Gasteiger partial charge in [0.2, 0.25) is 0 Å². The Morgan fingerprint density at radius 3 is 2.56 bits per heavy atom. The summed E-state index contributed by atoms with van der Waals surface area (Å²) in [6.07, 6.45) is 3.17. The molecule has 1 atom stereocenters. The van der Waals surface area contributed by atoms with Crippen LogP contribution in [-0.2, 0) is 5.33 Å². The normalized spacial score (nSPS) is 12.5. The van der Waals surface area contributed by atoms with Crippen LogP contribution in [0.25, 0.3) is 0 Å². The van der Waals surface area contributed by atoms with Gasteiger partial charge in [-0.25, -0.2) is 4.98 Å². The molecule has 0 bridgehead atoms. The minimum absolute atomic E-state index is 0.720. The molecule has 1 rings (SSSR count). The summed E-state index contributed by atoms with van der Waals surface area (Å²) in [4.78, 5) is 6.84. The third-order valence-corrected chi connectivity index (χ3v) is 3.55. The molecule has 0 aliphatic heterocycles. The van der Waals surface area contributed by atoms with Crippen LogP contribution in [0.3, 0.4) is 0 Å². The van der Waals surface area contributed by atoms with Crippen LogP contribution in [-0.4, -0.2) is 18.1 Å². The first kappa shape index (κ1) is 13.5. The maximum atomic E-state index is 4.50. The van der Waals surface area contributed by atoms with Crippen molar-refractivity contribution in [1.29, 1.82) is 0 Å². The van der Waals surface area contributed by atoms with E-state index in [2.05, 4.69) is 58.7 Å². The van der Waals surface area contributed by atoms with Crippen LogP contribution >= 0.6 is 15.9 Å². The first-order valence-electron chi connectivity index (χ1n) is 5.97. The molecule has 0 N–H and O–H groups in total. The highest BCUT2D eigenvalue weighted by molar-refractivity contribution is 9.08. The Kier molecular flexibility index (Phi) is 5.81. The SMILES string of the molecule is CCC(C)CN(CC)c1ccc(CBr)cn1. The molecule has 2 nitrogen and oxygen atoms in total. The molecule has 0 saturated heterocycles. The van der Waals surface area contributed by atoms with Crippen LogP contribution < -0.4 is 4.90 Å². The second kappa shape index (κ2) is 6.89. The van der Waals surface area contributed by atoms with Gasteiger partial charge in [-0.15, -0.1) is 0 Å². The van der Waals surface area contributed by atoms with Gasteiger partial charge < -0.3 is 4.90 Å². The molecule has 0 amide bonds. The number of halogens is 1. The van der Waals surface area contributed by atoms with Gasteiger partial charge in [0, 0.05) is 24.6 Å². The quantitative estimate of drug-likeness (QED) is 0.738. The molecule has 3 heteroatoms. The fraction of sp³-hybridized carbons (Fsp3) is 0.615. The fourth-order valence-corrected chi connectivity index (χ4v) is 1.90. The molecule has 0 spiro atoms. The smallest absolute Gasteiger partial charge is 0.128 e. The van der Waals surface area contributed by atoms with Crippen molar-refractivity contribution in [1.82, 2.24) is 4.98 Å². The molecule has 16 heavy (non-hydrogen) atoms. The van der Waals surface area contributed by atoms with Gasteiger partial charge in [-0.2, -0.15) is 0 Å². The predicted molar refractivity (Wildman–Crippen MR) is 74.2 cm³/mol. The van der Waals surface area contributed by atoms with Crippen molar-refractivity contribution in [3.05, 3.63) is 23.9 Å². The van der Waals surface area contributed by atoms with Gasteiger partial charge in [0.1, 0.15) is 5.82 Å². The van der Waals surface area contributed by atoms with E-state index < -0.39 is 0 Å². The van der Waals surface area contributed by atoms with Crippen molar-refractivity contribution in [2.45, 2.75) is 32.5 Å². The highest BCUT2D eigenvalue weighted by Gasteiger charge is 2.09. The second-order valence-electron chi connectivity index (χ2n) is 4.21. The van der Waals surface area contributed by atoms with E-state index in [1.54, 1.807) is 0 Å². The lowest BCUT2D eigenvalue weighted by molar-refractivity contribution is 0.545. The Morgan fingerprint density at radius 2 is 2.12 bits per heavy atom. The lowest BCUT2D eigenvalue weighted by atomic mass is 10.1. The van der Waals surface area contributed by atoms with Gasteiger partial charge in [-0.3, -0.25) is 0 Å². The summed E-state index contributed by atoms with van der Waals surface area (Å²) in [5, 5.41) is 0.873. The fourth-order valence-electron chi connectivity index (χ4n) is 1.57. The van der Waals surface area contributed by atoms with Gasteiger partial charge in [-0.05, 0) is 24.5 Å². The molecule has 0 aliphatic carbocycles. The molecule has 1 unspecified atom stereocenters. The number of hydrogen-bond donors (Lipinski definition) is 0. The van der Waals surface area contributed by atoms with Crippen molar-refractivity contribution in [3.8, 4) is 0 Å². The second-order valence-corrected chi connectivity index (χ2v) is 4.77. The average Bonchev–Trinajstić information content (AvgIpc) is 2.35. The van der Waals surface area contributed by atoms with E-state index in [4.69, 9.17) is 0 Å². The van der Waals surface area contributed by atoms with E-state index in [0.717, 1.165) is 30.2 Å². The number of pyridine rings is 1. The standard InChI is InChI=1S/C13H21BrN2/c1-4-11(3)10-16(5-2)13-7-6-12(8-14)9-15-13/h6-7,9,11H,4-5,8,10H2,1-3H3. The summed E-state index contributed by atoms with van der Waals surface area (Å²) in [7, 11) is 0. The minimum Gasteiger partial charge on any atom is -0.357 e. The number of anilines is 1. The molecule has 90 valence electrons. The maximum absolute atomic E-state index is 4.50. The van der Waals surface area contributed by atoms with Gasteiger partial charge in [0.05, 0.1) is 0 Å². The predicted octanol–water partition coefficient (Wildman–Crippen LogP) is 3.85. The minimum atomic E-state index is 0.720. The molecular formula is C13H21BrN2. The monoisotopic (exact) mass is 284 g/mol. The van der Waals surface area contributed by atoms with Gasteiger partial charge in [0.15, 0.2) is 0 Å². The molecule has 0 radical (unpaired) electrons. The van der Waals surface area contributed by atoms with Crippen LogP contribution in [0.5, 0.6) is 0 Å². The molecule has 0 fully saturated rings. The zero-order valence-corrected chi connectivity index (χ0v) is 12.0. The van der Waals surface area contributed by atoms with Crippen molar-refractivity contribution in [2.24, 2.45) is 5.92 Å². The zero-order valence-electron chi connectivity index (χ0n) is 10.4. The van der Waals surface area contributed by atoms with Crippen LogP contribution in [0.1, 0.15) is 32.8 Å². The van der Waals surface area contributed by atoms with Crippen molar-refractivity contribution < 1.29 is 0 Å². The maximum Gasteiger partial charge on any atom is 0.128 e. The highest BCUT2D eigenvalue weighted by atomic mass is 79.9. The number of aromatic nitrogens is 1. The molecular weight excluding hydrogens is 264 g/mol. The topological polar surface area (TPSA) is 16.1 Å². The molecule has 1 aromatic heterocycles.